The van der Waals surface area contributed by atoms with Gasteiger partial charge in [-0.15, -0.1) is 0 Å². The molecule has 2 bridgehead atoms. The summed E-state index contributed by atoms with van der Waals surface area (Å²) in [4.78, 5) is 77.2. The van der Waals surface area contributed by atoms with Gasteiger partial charge in [-0.3, -0.25) is 29.0 Å². The minimum Gasteiger partial charge on any atom is -0.354 e. The van der Waals surface area contributed by atoms with E-state index in [1.54, 1.807) is 31.2 Å². The fourth-order valence-corrected chi connectivity index (χ4v) is 5.87. The largest absolute Gasteiger partial charge is 0.354 e. The van der Waals surface area contributed by atoms with Gasteiger partial charge in [0.2, 0.25) is 17.7 Å². The van der Waals surface area contributed by atoms with Crippen LogP contribution in [-0.4, -0.2) is 87.2 Å². The van der Waals surface area contributed by atoms with Crippen molar-refractivity contribution < 1.29 is 24.0 Å². The molecule has 50 heavy (non-hydrogen) atoms. The highest BCUT2D eigenvalue weighted by Crippen LogP contribution is 2.21. The number of nitrogens with one attached hydrogen (secondary N) is 4. The molecular weight excluding hydrogens is 636 g/mol. The summed E-state index contributed by atoms with van der Waals surface area (Å²) < 4.78 is 2.09. The van der Waals surface area contributed by atoms with Crippen LogP contribution in [0.2, 0.25) is 0 Å². The Morgan fingerprint density at radius 3 is 2.46 bits per heavy atom. The van der Waals surface area contributed by atoms with Crippen molar-refractivity contribution in [1.29, 1.82) is 0 Å². The van der Waals surface area contributed by atoms with Gasteiger partial charge >= 0.3 is 0 Å². The van der Waals surface area contributed by atoms with Crippen molar-refractivity contribution in [1.82, 2.24) is 40.7 Å². The molecular formula is C37H44N8O5. The van der Waals surface area contributed by atoms with E-state index < -0.39 is 29.8 Å². The normalized spacial score (nSPS) is 18.6. The number of nitrogens with zero attached hydrogens (tertiary/aromatic N) is 4. The molecule has 5 amide bonds. The van der Waals surface area contributed by atoms with Crippen LogP contribution >= 0.6 is 0 Å². The Kier molecular flexibility index (Phi) is 11.9. The Balaban J connectivity index is 1.44. The summed E-state index contributed by atoms with van der Waals surface area (Å²) >= 11 is 0. The molecule has 4 aromatic rings. The van der Waals surface area contributed by atoms with E-state index in [1.165, 1.54) is 17.3 Å². The Labute approximate surface area is 291 Å². The van der Waals surface area contributed by atoms with E-state index in [9.17, 15) is 24.0 Å². The van der Waals surface area contributed by atoms with E-state index in [-0.39, 0.29) is 43.4 Å². The molecule has 2 atom stereocenters. The number of fused-ring (bicyclic) bond motifs is 1. The zero-order valence-corrected chi connectivity index (χ0v) is 28.6. The van der Waals surface area contributed by atoms with Crippen molar-refractivity contribution in [2.24, 2.45) is 5.92 Å². The van der Waals surface area contributed by atoms with Crippen LogP contribution in [-0.2, 0) is 33.8 Å². The number of aromatic nitrogens is 3. The molecule has 0 radical (unpaired) electrons. The molecule has 1 aliphatic rings. The van der Waals surface area contributed by atoms with Crippen LogP contribution in [0.5, 0.6) is 0 Å². The van der Waals surface area contributed by atoms with Gasteiger partial charge in [-0.1, -0.05) is 44.2 Å². The molecule has 262 valence electrons. The highest BCUT2D eigenvalue weighted by molar-refractivity contribution is 5.99. The topological polar surface area (TPSA) is 167 Å². The highest BCUT2D eigenvalue weighted by atomic mass is 16.2. The number of aryl methyl sites for hydroxylation is 1. The summed E-state index contributed by atoms with van der Waals surface area (Å²) in [5, 5.41) is 11.3. The smallest absolute Gasteiger partial charge is 0.255 e. The third-order valence-corrected chi connectivity index (χ3v) is 8.42. The zero-order chi connectivity index (χ0) is 35.6. The summed E-state index contributed by atoms with van der Waals surface area (Å²) in [6.45, 7) is 6.42. The second-order valence-corrected chi connectivity index (χ2v) is 12.9. The Morgan fingerprint density at radius 2 is 1.72 bits per heavy atom. The molecule has 0 saturated heterocycles. The summed E-state index contributed by atoms with van der Waals surface area (Å²) in [6, 6.07) is 15.8. The van der Waals surface area contributed by atoms with Crippen molar-refractivity contribution in [2.45, 2.75) is 58.7 Å². The minimum atomic E-state index is -1.03. The molecule has 0 spiro atoms. The van der Waals surface area contributed by atoms with Gasteiger partial charge in [0, 0.05) is 57.0 Å². The number of hydrogen-bond acceptors (Lipinski definition) is 7. The maximum Gasteiger partial charge on any atom is 0.255 e. The molecule has 3 heterocycles. The average molecular weight is 681 g/mol. The fourth-order valence-electron chi connectivity index (χ4n) is 5.87. The first-order chi connectivity index (χ1) is 24.1. The molecule has 0 unspecified atom stereocenters. The number of carbonyl (C=O) groups excluding carboxylic acids is 5. The number of rotatable bonds is 5. The third-order valence-electron chi connectivity index (χ3n) is 8.42. The predicted molar refractivity (Wildman–Crippen MR) is 188 cm³/mol. The predicted octanol–water partition coefficient (Wildman–Crippen LogP) is 2.25. The van der Waals surface area contributed by atoms with Gasteiger partial charge in [-0.25, -0.2) is 4.98 Å². The van der Waals surface area contributed by atoms with E-state index in [4.69, 9.17) is 4.98 Å². The molecule has 0 fully saturated rings. The number of imidazole rings is 1. The molecule has 1 aliphatic heterocycles. The second kappa shape index (κ2) is 16.7. The molecule has 4 N–H and O–H groups in total. The van der Waals surface area contributed by atoms with E-state index >= 15 is 0 Å². The lowest BCUT2D eigenvalue weighted by Crippen LogP contribution is -2.55. The molecule has 0 saturated carbocycles. The standard InChI is InChI=1S/C37H44N8O5/c1-24(2)19-32-42-29-13-12-27-21-31(29)45(32)17-8-15-39-34(47)25(3)41-36(49)30(20-26-9-5-4-6-10-26)43-33(46)23-44(18-16-40-35(27)48)37(50)28-11-7-14-38-22-28/h4-7,9-14,21-22,24-25,30H,8,15-20,23H2,1-3H3,(H,39,47)(H,40,48)(H,41,49)(H,43,46)/t25-,30+/m1/s1. The highest BCUT2D eigenvalue weighted by Gasteiger charge is 2.27. The Hall–Kier alpha value is -5.59. The van der Waals surface area contributed by atoms with Gasteiger partial charge < -0.3 is 30.7 Å². The van der Waals surface area contributed by atoms with Gasteiger partial charge in [0.15, 0.2) is 0 Å². The van der Waals surface area contributed by atoms with Crippen molar-refractivity contribution in [3.63, 3.8) is 0 Å². The monoisotopic (exact) mass is 680 g/mol. The van der Waals surface area contributed by atoms with Crippen LogP contribution in [0.25, 0.3) is 11.0 Å². The second-order valence-electron chi connectivity index (χ2n) is 12.9. The van der Waals surface area contributed by atoms with Gasteiger partial charge in [-0.05, 0) is 55.2 Å². The number of pyridine rings is 1. The van der Waals surface area contributed by atoms with Crippen LogP contribution in [0.15, 0.2) is 73.1 Å². The van der Waals surface area contributed by atoms with Gasteiger partial charge in [0.25, 0.3) is 11.8 Å². The summed E-state index contributed by atoms with van der Waals surface area (Å²) in [6.07, 6.45) is 4.44. The van der Waals surface area contributed by atoms with E-state index in [1.807, 2.05) is 36.4 Å². The van der Waals surface area contributed by atoms with Crippen LogP contribution in [0, 0.1) is 5.92 Å². The first kappa shape index (κ1) is 35.7. The summed E-state index contributed by atoms with van der Waals surface area (Å²) in [5.41, 5.74) is 3.07. The SMILES string of the molecule is CC(C)Cc1nc2ccc3cc2n1CCCNC(=O)[C@@H](C)NC(=O)[C@H](Cc1ccccc1)NC(=O)CN(C(=O)c1cccnc1)CCNC3=O. The molecule has 5 rings (SSSR count). The lowest BCUT2D eigenvalue weighted by molar-refractivity contribution is -0.132. The maximum atomic E-state index is 13.6. The molecule has 2 aromatic carbocycles. The summed E-state index contributed by atoms with van der Waals surface area (Å²) in [5.74, 6) is -1.03. The lowest BCUT2D eigenvalue weighted by atomic mass is 10.0. The van der Waals surface area contributed by atoms with E-state index in [0.717, 1.165) is 28.8 Å². The summed E-state index contributed by atoms with van der Waals surface area (Å²) in [7, 11) is 0. The van der Waals surface area contributed by atoms with Gasteiger partial charge in [0.05, 0.1) is 23.1 Å². The molecule has 0 aliphatic carbocycles. The number of hydrogen-bond donors (Lipinski definition) is 4. The van der Waals surface area contributed by atoms with Crippen LogP contribution in [0.4, 0.5) is 0 Å². The maximum absolute atomic E-state index is 13.6. The molecule has 13 heteroatoms. The van der Waals surface area contributed by atoms with Crippen molar-refractivity contribution in [3.05, 3.63) is 95.6 Å². The van der Waals surface area contributed by atoms with Crippen molar-refractivity contribution in [2.75, 3.05) is 26.2 Å². The first-order valence-corrected chi connectivity index (χ1v) is 17.0. The molecule has 13 nitrogen and oxygen atoms in total. The van der Waals surface area contributed by atoms with E-state index in [2.05, 4.69) is 44.7 Å². The first-order valence-electron chi connectivity index (χ1n) is 17.0. The lowest BCUT2D eigenvalue weighted by Gasteiger charge is -2.25. The average Bonchev–Trinajstić information content (AvgIpc) is 3.44. The van der Waals surface area contributed by atoms with Crippen LogP contribution in [0.1, 0.15) is 59.3 Å². The van der Waals surface area contributed by atoms with Gasteiger partial charge in [0.1, 0.15) is 17.9 Å². The Bertz CT molecular complexity index is 1830. The van der Waals surface area contributed by atoms with Crippen LogP contribution in [0.3, 0.4) is 0 Å². The Morgan fingerprint density at radius 1 is 0.920 bits per heavy atom. The number of benzene rings is 2. The minimum absolute atomic E-state index is 0.0123. The fraction of sp³-hybridized carbons (Fsp3) is 0.378. The number of amides is 5. The van der Waals surface area contributed by atoms with Gasteiger partial charge in [-0.2, -0.15) is 0 Å². The number of carbonyl (C=O) groups is 5. The molecule has 2 aromatic heterocycles. The van der Waals surface area contributed by atoms with Crippen molar-refractivity contribution >= 4 is 40.6 Å². The van der Waals surface area contributed by atoms with Crippen LogP contribution < -0.4 is 21.3 Å². The zero-order valence-electron chi connectivity index (χ0n) is 28.6. The third kappa shape index (κ3) is 9.30. The quantitative estimate of drug-likeness (QED) is 0.251. The van der Waals surface area contributed by atoms with E-state index in [0.29, 0.717) is 31.0 Å². The van der Waals surface area contributed by atoms with Crippen molar-refractivity contribution in [3.8, 4) is 0 Å².